The number of aromatic amines is 1. The van der Waals surface area contributed by atoms with Gasteiger partial charge < -0.3 is 20.2 Å². The number of hydrogen-bond acceptors (Lipinski definition) is 7. The Morgan fingerprint density at radius 1 is 1.27 bits per heavy atom. The lowest BCUT2D eigenvalue weighted by molar-refractivity contribution is -0.141. The summed E-state index contributed by atoms with van der Waals surface area (Å²) in [5.74, 6) is -0.0122. The molecule has 3 heterocycles. The highest BCUT2D eigenvalue weighted by Crippen LogP contribution is 2.36. The number of H-pyrrole nitrogens is 1. The predicted molar refractivity (Wildman–Crippen MR) is 132 cm³/mol. The van der Waals surface area contributed by atoms with Gasteiger partial charge in [0.25, 0.3) is 0 Å². The maximum Gasteiger partial charge on any atom is 0.434 e. The van der Waals surface area contributed by atoms with E-state index in [9.17, 15) is 26.4 Å². The molecule has 200 valence electrons. The second-order valence-corrected chi connectivity index (χ2v) is 10.4. The molecule has 1 amide bonds. The van der Waals surface area contributed by atoms with Crippen LogP contribution < -0.4 is 15.8 Å². The van der Waals surface area contributed by atoms with Gasteiger partial charge in [-0.1, -0.05) is 23.2 Å². The fraction of sp³-hybridized carbons (Fsp3) is 0.333. The summed E-state index contributed by atoms with van der Waals surface area (Å²) in [5, 5.41) is 3.78. The first kappa shape index (κ1) is 27.3. The molecule has 1 aliphatic rings. The molecule has 2 aromatic heterocycles. The van der Waals surface area contributed by atoms with E-state index in [1.54, 1.807) is 6.07 Å². The molecule has 0 fully saturated rings. The molecule has 0 spiro atoms. The predicted octanol–water partition coefficient (Wildman–Crippen LogP) is 3.83. The number of carbonyl (C=O) groups is 1. The second-order valence-electron chi connectivity index (χ2n) is 8.17. The van der Waals surface area contributed by atoms with Gasteiger partial charge in [-0.05, 0) is 42.3 Å². The first-order chi connectivity index (χ1) is 17.3. The van der Waals surface area contributed by atoms with E-state index in [0.29, 0.717) is 24.5 Å². The molecule has 0 bridgehead atoms. The highest BCUT2D eigenvalue weighted by atomic mass is 35.5. The van der Waals surface area contributed by atoms with E-state index in [0.717, 1.165) is 28.2 Å². The highest BCUT2D eigenvalue weighted by molar-refractivity contribution is 7.85. The summed E-state index contributed by atoms with van der Waals surface area (Å²) in [7, 11) is -4.46. The van der Waals surface area contributed by atoms with Crippen LogP contribution in [0.2, 0.25) is 10.0 Å². The van der Waals surface area contributed by atoms with Crippen LogP contribution >= 0.6 is 23.2 Å². The number of hydrogen-bond donors (Lipinski definition) is 4. The molecular weight excluding hydrogens is 560 g/mol. The van der Waals surface area contributed by atoms with Crippen LogP contribution in [0.3, 0.4) is 0 Å². The van der Waals surface area contributed by atoms with E-state index in [-0.39, 0.29) is 18.9 Å². The minimum atomic E-state index is -4.70. The maximum atomic E-state index is 13.1. The largest absolute Gasteiger partial charge is 0.434 e. The molecule has 1 aliphatic heterocycles. The van der Waals surface area contributed by atoms with Crippen molar-refractivity contribution in [2.24, 2.45) is 5.73 Å². The van der Waals surface area contributed by atoms with Gasteiger partial charge >= 0.3 is 22.6 Å². The van der Waals surface area contributed by atoms with Gasteiger partial charge in [-0.15, -0.1) is 0 Å². The third kappa shape index (κ3) is 6.38. The van der Waals surface area contributed by atoms with E-state index in [4.69, 9.17) is 28.9 Å². The van der Waals surface area contributed by atoms with Crippen molar-refractivity contribution in [3.8, 4) is 0 Å². The lowest BCUT2D eigenvalue weighted by atomic mass is 9.97. The monoisotopic (exact) mass is 580 g/mol. The molecule has 0 radical (unpaired) electrons. The van der Waals surface area contributed by atoms with Crippen molar-refractivity contribution >= 4 is 56.3 Å². The van der Waals surface area contributed by atoms with E-state index >= 15 is 0 Å². The van der Waals surface area contributed by atoms with Crippen LogP contribution in [0.25, 0.3) is 10.9 Å². The van der Waals surface area contributed by atoms with E-state index in [1.807, 2.05) is 17.0 Å². The van der Waals surface area contributed by atoms with Gasteiger partial charge in [0, 0.05) is 47.8 Å². The number of nitrogens with two attached hydrogens (primary N) is 1. The van der Waals surface area contributed by atoms with Crippen LogP contribution in [-0.2, 0) is 27.1 Å². The van der Waals surface area contributed by atoms with Crippen molar-refractivity contribution in [3.63, 3.8) is 0 Å². The molecule has 10 nitrogen and oxygen atoms in total. The van der Waals surface area contributed by atoms with E-state index in [1.165, 1.54) is 6.07 Å². The number of benzene rings is 1. The third-order valence-electron chi connectivity index (χ3n) is 5.79. The van der Waals surface area contributed by atoms with Gasteiger partial charge in [-0.2, -0.15) is 26.3 Å². The van der Waals surface area contributed by atoms with Crippen LogP contribution in [-0.4, -0.2) is 55.6 Å². The molecule has 0 saturated carbocycles. The molecule has 0 saturated heterocycles. The first-order valence-electron chi connectivity index (χ1n) is 10.8. The summed E-state index contributed by atoms with van der Waals surface area (Å²) >= 11 is 11.8. The van der Waals surface area contributed by atoms with Crippen molar-refractivity contribution < 1.29 is 30.6 Å². The average Bonchev–Trinajstić information content (AvgIpc) is 3.15. The number of nitrogens with zero attached hydrogens (tertiary/aromatic N) is 2. The van der Waals surface area contributed by atoms with Crippen molar-refractivity contribution in [2.45, 2.75) is 18.6 Å². The smallest absolute Gasteiger partial charge is 0.369 e. The van der Waals surface area contributed by atoms with Crippen LogP contribution in [0.5, 0.6) is 0 Å². The van der Waals surface area contributed by atoms with Crippen molar-refractivity contribution in [1.82, 2.24) is 19.6 Å². The number of carbonyl (C=O) groups excluding carboxylic acids is 1. The topological polar surface area (TPSA) is 142 Å². The summed E-state index contributed by atoms with van der Waals surface area (Å²) in [5.41, 5.74) is 6.12. The number of aromatic nitrogens is 2. The minimum Gasteiger partial charge on any atom is -0.369 e. The van der Waals surface area contributed by atoms with Crippen molar-refractivity contribution in [2.75, 3.05) is 31.5 Å². The number of halogens is 5. The fourth-order valence-electron chi connectivity index (χ4n) is 4.27. The number of nitrogens with one attached hydrogen (secondary N) is 3. The Hall–Kier alpha value is -2.78. The number of fused-ring (bicyclic) bond motifs is 3. The fourth-order valence-corrected chi connectivity index (χ4v) is 5.29. The van der Waals surface area contributed by atoms with Gasteiger partial charge in [0.1, 0.15) is 5.82 Å². The quantitative estimate of drug-likeness (QED) is 0.317. The summed E-state index contributed by atoms with van der Waals surface area (Å²) < 4.78 is 69.8. The molecule has 3 aromatic rings. The lowest BCUT2D eigenvalue weighted by Crippen LogP contribution is -2.44. The Kier molecular flexibility index (Phi) is 7.76. The van der Waals surface area contributed by atoms with Gasteiger partial charge in [-0.3, -0.25) is 4.90 Å². The molecule has 4 rings (SSSR count). The van der Waals surface area contributed by atoms with Gasteiger partial charge in [0.15, 0.2) is 5.69 Å². The molecule has 1 atom stereocenters. The van der Waals surface area contributed by atoms with Crippen molar-refractivity contribution in [3.05, 3.63) is 57.3 Å². The van der Waals surface area contributed by atoms with Crippen LogP contribution in [0, 0.1) is 0 Å². The zero-order chi connectivity index (χ0) is 27.0. The minimum absolute atomic E-state index is 0.0122. The van der Waals surface area contributed by atoms with E-state index < -0.39 is 39.3 Å². The lowest BCUT2D eigenvalue weighted by Gasteiger charge is -2.35. The second kappa shape index (κ2) is 10.5. The zero-order valence-corrected chi connectivity index (χ0v) is 21.2. The Bertz CT molecular complexity index is 1430. The number of rotatable bonds is 8. The molecule has 0 aliphatic carbocycles. The van der Waals surface area contributed by atoms with Gasteiger partial charge in [0.05, 0.1) is 11.1 Å². The summed E-state index contributed by atoms with van der Waals surface area (Å²) in [4.78, 5) is 19.7. The number of alkyl halides is 3. The highest BCUT2D eigenvalue weighted by Gasteiger charge is 2.36. The number of amides is 1. The molecule has 1 aromatic carbocycles. The summed E-state index contributed by atoms with van der Waals surface area (Å²) in [6.45, 7) is 0.818. The summed E-state index contributed by atoms with van der Waals surface area (Å²) in [6, 6.07) is 7.25. The van der Waals surface area contributed by atoms with Crippen LogP contribution in [0.15, 0.2) is 30.3 Å². The Balaban J connectivity index is 1.54. The number of anilines is 1. The average molecular weight is 581 g/mol. The maximum absolute atomic E-state index is 13.1. The Morgan fingerprint density at radius 3 is 2.73 bits per heavy atom. The SMILES string of the molecule is NC(=O)OS(=O)(=O)NCC1c2[nH]c3ccc(Cl)cc3c2CCN1CCNc1ccc(Cl)c(C(F)(F)F)n1. The summed E-state index contributed by atoms with van der Waals surface area (Å²) in [6.07, 6.45) is -5.58. The van der Waals surface area contributed by atoms with E-state index in [2.05, 4.69) is 24.2 Å². The molecule has 5 N–H and O–H groups in total. The molecular formula is C21H21Cl2F3N6O4S. The van der Waals surface area contributed by atoms with Crippen LogP contribution in [0.1, 0.15) is 23.0 Å². The van der Waals surface area contributed by atoms with Crippen molar-refractivity contribution in [1.29, 1.82) is 0 Å². The van der Waals surface area contributed by atoms with Gasteiger partial charge in [-0.25, -0.2) is 9.78 Å². The molecule has 16 heteroatoms. The Labute approximate surface area is 219 Å². The Morgan fingerprint density at radius 2 is 2.03 bits per heavy atom. The zero-order valence-electron chi connectivity index (χ0n) is 18.9. The van der Waals surface area contributed by atoms with Crippen LogP contribution in [0.4, 0.5) is 23.8 Å². The molecule has 37 heavy (non-hydrogen) atoms. The van der Waals surface area contributed by atoms with Gasteiger partial charge in [0.2, 0.25) is 0 Å². The first-order valence-corrected chi connectivity index (χ1v) is 13.0. The third-order valence-corrected chi connectivity index (χ3v) is 7.23. The standard InChI is InChI=1S/C21H21Cl2F3N6O4S/c22-11-1-3-15-13(9-11)12-5-7-32(16(18(12)30-15)10-29-37(34,35)36-20(27)33)8-6-28-17-4-2-14(23)19(31-17)21(24,25)26/h1-4,9,16,29-30H,5-8,10H2,(H2,27,33)(H,28,31). The number of primary amides is 1. The number of pyridine rings is 1. The molecule has 1 unspecified atom stereocenters. The normalized spacial score (nSPS) is 16.5.